The van der Waals surface area contributed by atoms with E-state index in [1.165, 1.54) is 13.2 Å². The molecule has 10 nitrogen and oxygen atoms in total. The molecule has 3 heterocycles. The lowest BCUT2D eigenvalue weighted by Gasteiger charge is -2.20. The highest BCUT2D eigenvalue weighted by molar-refractivity contribution is 5.99. The van der Waals surface area contributed by atoms with Gasteiger partial charge in [0.05, 0.1) is 19.4 Å². The van der Waals surface area contributed by atoms with E-state index in [4.69, 9.17) is 15.2 Å². The second kappa shape index (κ2) is 9.35. The van der Waals surface area contributed by atoms with E-state index >= 15 is 4.39 Å². The van der Waals surface area contributed by atoms with Gasteiger partial charge >= 0.3 is 6.01 Å². The van der Waals surface area contributed by atoms with Crippen molar-refractivity contribution in [2.75, 3.05) is 39.3 Å². The van der Waals surface area contributed by atoms with Gasteiger partial charge < -0.3 is 25.6 Å². The summed E-state index contributed by atoms with van der Waals surface area (Å²) in [6.07, 6.45) is 0. The summed E-state index contributed by atoms with van der Waals surface area (Å²) >= 11 is 0. The molecule has 0 spiro atoms. The summed E-state index contributed by atoms with van der Waals surface area (Å²) in [6.45, 7) is 2.95. The summed E-state index contributed by atoms with van der Waals surface area (Å²) in [5.41, 5.74) is 8.38. The molecule has 0 aliphatic carbocycles. The maximum Gasteiger partial charge on any atom is 0.318 e. The molecule has 33 heavy (non-hydrogen) atoms. The Labute approximate surface area is 188 Å². The Bertz CT molecular complexity index is 1380. The fourth-order valence-corrected chi connectivity index (χ4v) is 3.53. The predicted molar refractivity (Wildman–Crippen MR) is 124 cm³/mol. The van der Waals surface area contributed by atoms with E-state index in [0.29, 0.717) is 23.9 Å². The molecule has 0 bridgehead atoms. The van der Waals surface area contributed by atoms with Crippen molar-refractivity contribution in [1.82, 2.24) is 24.9 Å². The van der Waals surface area contributed by atoms with Crippen molar-refractivity contribution in [2.24, 2.45) is 5.73 Å². The van der Waals surface area contributed by atoms with Crippen LogP contribution in [0.25, 0.3) is 33.1 Å². The van der Waals surface area contributed by atoms with E-state index in [-0.39, 0.29) is 52.2 Å². The van der Waals surface area contributed by atoms with E-state index in [1.807, 2.05) is 0 Å². The fourth-order valence-electron chi connectivity index (χ4n) is 3.53. The Kier molecular flexibility index (Phi) is 6.33. The molecule has 4 aromatic rings. The maximum atomic E-state index is 16.0. The molecule has 0 saturated heterocycles. The largest absolute Gasteiger partial charge is 0.477 e. The minimum absolute atomic E-state index is 0.0453. The third-order valence-corrected chi connectivity index (χ3v) is 4.96. The Morgan fingerprint density at radius 1 is 1.24 bits per heavy atom. The molecule has 0 fully saturated rings. The number of hydrogen-bond acceptors (Lipinski definition) is 9. The Morgan fingerprint density at radius 3 is 2.76 bits per heavy atom. The minimum Gasteiger partial charge on any atom is -0.477 e. The molecule has 11 heteroatoms. The number of likely N-dealkylation sites (N-methyl/N-ethyl adjacent to an activating group) is 1. The summed E-state index contributed by atoms with van der Waals surface area (Å²) < 4.78 is 26.9. The molecule has 4 N–H and O–H groups in total. The van der Waals surface area contributed by atoms with Gasteiger partial charge in [0, 0.05) is 31.6 Å². The highest BCUT2D eigenvalue weighted by Crippen LogP contribution is 2.37. The van der Waals surface area contributed by atoms with Gasteiger partial charge in [0.1, 0.15) is 16.6 Å². The van der Waals surface area contributed by atoms with Crippen molar-refractivity contribution in [3.05, 3.63) is 46.5 Å². The van der Waals surface area contributed by atoms with Crippen LogP contribution in [0.4, 0.5) is 10.2 Å². The summed E-state index contributed by atoms with van der Waals surface area (Å²) in [5.74, 6) is -0.379. The second-order valence-electron chi connectivity index (χ2n) is 7.21. The standard InChI is InChI=1S/C22H24FN7O3/c1-4-33-21-15-18(27-22(32-3)28-20(15)29-30(2)10-9-24)16(23)19(26-21)17-13-8-6-5-7-12(13)11-14(31)25-17/h5-8,11H,4,9-10,24H2,1-3H3,(H,25,31)(H,27,28,29). The highest BCUT2D eigenvalue weighted by atomic mass is 19.1. The Hall–Kier alpha value is -3.83. The lowest BCUT2D eigenvalue weighted by atomic mass is 10.1. The summed E-state index contributed by atoms with van der Waals surface area (Å²) in [4.78, 5) is 28.0. The van der Waals surface area contributed by atoms with Gasteiger partial charge in [-0.05, 0) is 12.3 Å². The molecule has 0 aliphatic heterocycles. The third-order valence-electron chi connectivity index (χ3n) is 4.96. The van der Waals surface area contributed by atoms with Crippen LogP contribution in [0.5, 0.6) is 11.9 Å². The normalized spacial score (nSPS) is 11.3. The first-order chi connectivity index (χ1) is 16.0. The second-order valence-corrected chi connectivity index (χ2v) is 7.21. The number of nitrogens with two attached hydrogens (primary N) is 1. The van der Waals surface area contributed by atoms with Crippen molar-refractivity contribution < 1.29 is 13.9 Å². The average Bonchev–Trinajstić information content (AvgIpc) is 2.80. The zero-order valence-corrected chi connectivity index (χ0v) is 18.5. The maximum absolute atomic E-state index is 16.0. The molecule has 0 unspecified atom stereocenters. The summed E-state index contributed by atoms with van der Waals surface area (Å²) in [5, 5.41) is 3.23. The quantitative estimate of drug-likeness (QED) is 0.344. The minimum atomic E-state index is -0.745. The van der Waals surface area contributed by atoms with Crippen LogP contribution in [-0.2, 0) is 0 Å². The number of benzene rings is 1. The molecule has 0 aliphatic rings. The number of aromatic amines is 1. The third kappa shape index (κ3) is 4.28. The van der Waals surface area contributed by atoms with E-state index < -0.39 is 5.82 Å². The van der Waals surface area contributed by atoms with E-state index in [1.54, 1.807) is 43.2 Å². The lowest BCUT2D eigenvalue weighted by molar-refractivity contribution is 0.330. The van der Waals surface area contributed by atoms with Crippen molar-refractivity contribution >= 4 is 27.5 Å². The predicted octanol–water partition coefficient (Wildman–Crippen LogP) is 2.30. The molecule has 3 aromatic heterocycles. The molecule has 1 aromatic carbocycles. The van der Waals surface area contributed by atoms with Crippen molar-refractivity contribution in [1.29, 1.82) is 0 Å². The number of nitrogens with zero attached hydrogens (tertiary/aromatic N) is 4. The zero-order chi connectivity index (χ0) is 23.5. The summed E-state index contributed by atoms with van der Waals surface area (Å²) in [6, 6.07) is 8.55. The van der Waals surface area contributed by atoms with Crippen LogP contribution in [0, 0.1) is 5.82 Å². The van der Waals surface area contributed by atoms with Crippen molar-refractivity contribution in [3.8, 4) is 23.3 Å². The number of aromatic nitrogens is 4. The number of ether oxygens (including phenoxy) is 2. The number of H-pyrrole nitrogens is 1. The van der Waals surface area contributed by atoms with Crippen molar-refractivity contribution in [3.63, 3.8) is 0 Å². The number of rotatable bonds is 8. The number of fused-ring (bicyclic) bond motifs is 2. The number of hydrazine groups is 1. The molecule has 0 saturated carbocycles. The van der Waals surface area contributed by atoms with Gasteiger partial charge in [-0.1, -0.05) is 24.3 Å². The monoisotopic (exact) mass is 453 g/mol. The average molecular weight is 453 g/mol. The van der Waals surface area contributed by atoms with Crippen LogP contribution in [-0.4, -0.2) is 58.8 Å². The zero-order valence-electron chi connectivity index (χ0n) is 18.5. The van der Waals surface area contributed by atoms with Crippen LogP contribution in [0.15, 0.2) is 35.1 Å². The smallest absolute Gasteiger partial charge is 0.318 e. The first kappa shape index (κ1) is 22.4. The van der Waals surface area contributed by atoms with Gasteiger partial charge in [-0.15, -0.1) is 0 Å². The number of anilines is 1. The first-order valence-corrected chi connectivity index (χ1v) is 10.3. The van der Waals surface area contributed by atoms with E-state index in [9.17, 15) is 4.79 Å². The first-order valence-electron chi connectivity index (χ1n) is 10.3. The van der Waals surface area contributed by atoms with E-state index in [0.717, 1.165) is 0 Å². The number of nitrogens with one attached hydrogen (secondary N) is 2. The Balaban J connectivity index is 2.05. The highest BCUT2D eigenvalue weighted by Gasteiger charge is 2.24. The Morgan fingerprint density at radius 2 is 2.03 bits per heavy atom. The number of methoxy groups -OCH3 is 1. The van der Waals surface area contributed by atoms with Gasteiger partial charge in [-0.2, -0.15) is 9.97 Å². The van der Waals surface area contributed by atoms with Gasteiger partial charge in [0.25, 0.3) is 0 Å². The van der Waals surface area contributed by atoms with Crippen LogP contribution >= 0.6 is 0 Å². The lowest BCUT2D eigenvalue weighted by Crippen LogP contribution is -2.31. The number of halogens is 1. The van der Waals surface area contributed by atoms with Gasteiger partial charge in [0.2, 0.25) is 11.4 Å². The van der Waals surface area contributed by atoms with Gasteiger partial charge in [-0.3, -0.25) is 4.79 Å². The van der Waals surface area contributed by atoms with Gasteiger partial charge in [0.15, 0.2) is 11.6 Å². The molecular weight excluding hydrogens is 429 g/mol. The molecule has 4 rings (SSSR count). The van der Waals surface area contributed by atoms with Crippen LogP contribution in [0.2, 0.25) is 0 Å². The van der Waals surface area contributed by atoms with E-state index in [2.05, 4.69) is 25.4 Å². The van der Waals surface area contributed by atoms with Crippen LogP contribution in [0.3, 0.4) is 0 Å². The number of pyridine rings is 2. The topological polar surface area (TPSA) is 131 Å². The fraction of sp³-hybridized carbons (Fsp3) is 0.273. The molecule has 0 atom stereocenters. The molecular formula is C22H24FN7O3. The number of hydrogen-bond donors (Lipinski definition) is 3. The summed E-state index contributed by atoms with van der Waals surface area (Å²) in [7, 11) is 3.16. The molecule has 0 amide bonds. The molecule has 172 valence electrons. The van der Waals surface area contributed by atoms with Crippen LogP contribution < -0.4 is 26.2 Å². The van der Waals surface area contributed by atoms with Gasteiger partial charge in [-0.25, -0.2) is 14.4 Å². The molecule has 0 radical (unpaired) electrons. The van der Waals surface area contributed by atoms with Crippen LogP contribution in [0.1, 0.15) is 6.92 Å². The SMILES string of the molecule is CCOc1nc(-c2[nH]c(=O)cc3ccccc23)c(F)c2nc(OC)nc(NN(C)CCN)c12. The van der Waals surface area contributed by atoms with Crippen molar-refractivity contribution in [2.45, 2.75) is 6.92 Å².